The highest BCUT2D eigenvalue weighted by Gasteiger charge is 2.26. The van der Waals surface area contributed by atoms with Crippen molar-refractivity contribution in [1.82, 2.24) is 20.1 Å². The van der Waals surface area contributed by atoms with Crippen molar-refractivity contribution in [2.24, 2.45) is 5.10 Å². The topological polar surface area (TPSA) is 80.3 Å². The van der Waals surface area contributed by atoms with Gasteiger partial charge in [0.15, 0.2) is 0 Å². The second-order valence-corrected chi connectivity index (χ2v) is 13.1. The van der Waals surface area contributed by atoms with Gasteiger partial charge in [-0.1, -0.05) is 69.7 Å². The van der Waals surface area contributed by atoms with E-state index in [0.717, 1.165) is 101 Å². The number of hydrogen-bond donors (Lipinski definition) is 2. The van der Waals surface area contributed by atoms with Gasteiger partial charge in [-0.05, 0) is 87.6 Å². The van der Waals surface area contributed by atoms with Gasteiger partial charge < -0.3 is 15.1 Å². The summed E-state index contributed by atoms with van der Waals surface area (Å²) in [6.45, 7) is 19.8. The maximum atomic E-state index is 13.7. The van der Waals surface area contributed by atoms with E-state index >= 15 is 0 Å². The zero-order chi connectivity index (χ0) is 32.9. The Bertz CT molecular complexity index is 1430. The summed E-state index contributed by atoms with van der Waals surface area (Å²) in [5, 5.41) is 7.94. The number of nitrogens with zero attached hydrogens (tertiary/aromatic N) is 4. The number of hydrogen-bond acceptors (Lipinski definition) is 7. The van der Waals surface area contributed by atoms with E-state index in [2.05, 4.69) is 64.3 Å². The summed E-state index contributed by atoms with van der Waals surface area (Å²) in [5.41, 5.74) is 8.08. The first-order chi connectivity index (χ1) is 22.3. The molecule has 1 aliphatic carbocycles. The number of carbonyl (C=O) groups excluding carboxylic acids is 2. The molecule has 0 unspecified atom stereocenters. The molecular weight excluding hydrogens is 593 g/mol. The Morgan fingerprint density at radius 2 is 1.46 bits per heavy atom. The first-order valence-electron chi connectivity index (χ1n) is 17.0. The van der Waals surface area contributed by atoms with Gasteiger partial charge in [0.2, 0.25) is 0 Å². The molecule has 4 rings (SSSR count). The largest absolute Gasteiger partial charge is 0.313 e. The van der Waals surface area contributed by atoms with Crippen LogP contribution in [0.5, 0.6) is 0 Å². The quantitative estimate of drug-likeness (QED) is 0.131. The second kappa shape index (κ2) is 18.1. The van der Waals surface area contributed by atoms with Crippen LogP contribution in [0, 0.1) is 6.92 Å². The van der Waals surface area contributed by atoms with E-state index in [1.54, 1.807) is 6.21 Å². The van der Waals surface area contributed by atoms with Crippen molar-refractivity contribution >= 4 is 34.4 Å². The lowest BCUT2D eigenvalue weighted by Crippen LogP contribution is -2.39. The first-order valence-corrected chi connectivity index (χ1v) is 17.8. The number of hydrazone groups is 1. The summed E-state index contributed by atoms with van der Waals surface area (Å²) in [4.78, 5) is 35.7. The second-order valence-electron chi connectivity index (χ2n) is 12.0. The van der Waals surface area contributed by atoms with Crippen LogP contribution in [0.1, 0.15) is 88.4 Å². The number of rotatable bonds is 17. The van der Waals surface area contributed by atoms with Crippen LogP contribution in [0.3, 0.4) is 0 Å². The molecule has 0 bridgehead atoms. The Labute approximate surface area is 279 Å². The van der Waals surface area contributed by atoms with Crippen molar-refractivity contribution < 1.29 is 9.59 Å². The molecule has 2 aromatic carbocycles. The van der Waals surface area contributed by atoms with Gasteiger partial charge in [0, 0.05) is 43.2 Å². The fourth-order valence-electron chi connectivity index (χ4n) is 5.93. The molecule has 0 spiro atoms. The van der Waals surface area contributed by atoms with Crippen molar-refractivity contribution in [3.63, 3.8) is 0 Å². The third kappa shape index (κ3) is 10.1. The molecule has 2 amide bonds. The molecule has 0 saturated heterocycles. The molecule has 248 valence electrons. The van der Waals surface area contributed by atoms with Crippen molar-refractivity contribution in [1.29, 1.82) is 0 Å². The Morgan fingerprint density at radius 1 is 0.826 bits per heavy atom. The van der Waals surface area contributed by atoms with Gasteiger partial charge in [-0.2, -0.15) is 5.10 Å². The zero-order valence-corrected chi connectivity index (χ0v) is 29.2. The van der Waals surface area contributed by atoms with E-state index < -0.39 is 0 Å². The van der Waals surface area contributed by atoms with Gasteiger partial charge in [-0.15, -0.1) is 11.3 Å². The number of carbonyl (C=O) groups is 2. The van der Waals surface area contributed by atoms with E-state index in [1.165, 1.54) is 21.8 Å². The van der Waals surface area contributed by atoms with E-state index in [0.29, 0.717) is 16.1 Å². The molecular formula is C37H52N6O2S. The summed E-state index contributed by atoms with van der Waals surface area (Å²) in [5.74, 6) is -0.487. The maximum absolute atomic E-state index is 13.7. The molecule has 3 aromatic rings. The number of thiophene rings is 1. The van der Waals surface area contributed by atoms with E-state index in [1.807, 2.05) is 49.4 Å². The number of likely N-dealkylation sites (N-methyl/N-ethyl adjacent to an activating group) is 2. The average molecular weight is 645 g/mol. The lowest BCUT2D eigenvalue weighted by atomic mass is 9.95. The van der Waals surface area contributed by atoms with Gasteiger partial charge in [-0.25, -0.2) is 5.43 Å². The third-order valence-corrected chi connectivity index (χ3v) is 10.1. The molecule has 0 radical (unpaired) electrons. The van der Waals surface area contributed by atoms with Crippen LogP contribution in [0.25, 0.3) is 0 Å². The first kappa shape index (κ1) is 35.5. The lowest BCUT2D eigenvalue weighted by Gasteiger charge is -2.29. The van der Waals surface area contributed by atoms with Crippen LogP contribution in [-0.4, -0.2) is 85.1 Å². The molecule has 1 aromatic heterocycles. The number of aryl methyl sites for hydroxylation is 2. The molecule has 0 saturated carbocycles. The van der Waals surface area contributed by atoms with Gasteiger partial charge in [0.25, 0.3) is 11.8 Å². The SMILES string of the molecule is CCN(CC)CCN(CCN(CC)CC)Cc1cccc(C(=O)Nc2sc3c(c2C(=O)N/N=C/c2ccc(C)cc2)CCCC3)c1. The van der Waals surface area contributed by atoms with Gasteiger partial charge in [0.05, 0.1) is 11.8 Å². The predicted molar refractivity (Wildman–Crippen MR) is 192 cm³/mol. The molecule has 46 heavy (non-hydrogen) atoms. The zero-order valence-electron chi connectivity index (χ0n) is 28.4. The number of benzene rings is 2. The number of nitrogens with one attached hydrogen (secondary N) is 2. The van der Waals surface area contributed by atoms with Crippen molar-refractivity contribution in [2.45, 2.75) is 66.8 Å². The number of anilines is 1. The smallest absolute Gasteiger partial charge is 0.274 e. The van der Waals surface area contributed by atoms with Crippen LogP contribution < -0.4 is 10.7 Å². The van der Waals surface area contributed by atoms with Crippen LogP contribution >= 0.6 is 11.3 Å². The molecule has 8 nitrogen and oxygen atoms in total. The molecule has 1 aliphatic rings. The van der Waals surface area contributed by atoms with Crippen molar-refractivity contribution in [3.8, 4) is 0 Å². The van der Waals surface area contributed by atoms with E-state index in [-0.39, 0.29) is 11.8 Å². The summed E-state index contributed by atoms with van der Waals surface area (Å²) in [6, 6.07) is 15.9. The van der Waals surface area contributed by atoms with Crippen LogP contribution in [0.15, 0.2) is 53.6 Å². The van der Waals surface area contributed by atoms with Crippen LogP contribution in [0.4, 0.5) is 5.00 Å². The number of fused-ring (bicyclic) bond motifs is 1. The summed E-state index contributed by atoms with van der Waals surface area (Å²) < 4.78 is 0. The highest BCUT2D eigenvalue weighted by atomic mass is 32.1. The fraction of sp³-hybridized carbons (Fsp3) is 0.486. The minimum absolute atomic E-state index is 0.199. The molecule has 9 heteroatoms. The minimum atomic E-state index is -0.288. The normalized spacial score (nSPS) is 13.1. The highest BCUT2D eigenvalue weighted by molar-refractivity contribution is 7.17. The fourth-order valence-corrected chi connectivity index (χ4v) is 7.21. The van der Waals surface area contributed by atoms with Gasteiger partial charge in [0.1, 0.15) is 5.00 Å². The van der Waals surface area contributed by atoms with Crippen molar-refractivity contribution in [2.75, 3.05) is 57.7 Å². The summed E-state index contributed by atoms with van der Waals surface area (Å²) in [6.07, 6.45) is 5.53. The van der Waals surface area contributed by atoms with Crippen LogP contribution in [-0.2, 0) is 19.4 Å². The van der Waals surface area contributed by atoms with E-state index in [9.17, 15) is 9.59 Å². The number of amides is 2. The van der Waals surface area contributed by atoms with E-state index in [4.69, 9.17) is 0 Å². The minimum Gasteiger partial charge on any atom is -0.313 e. The summed E-state index contributed by atoms with van der Waals surface area (Å²) in [7, 11) is 0. The maximum Gasteiger partial charge on any atom is 0.274 e. The highest BCUT2D eigenvalue weighted by Crippen LogP contribution is 2.38. The average Bonchev–Trinajstić information content (AvgIpc) is 3.44. The van der Waals surface area contributed by atoms with Gasteiger partial charge in [-0.3, -0.25) is 14.5 Å². The monoisotopic (exact) mass is 644 g/mol. The Morgan fingerprint density at radius 3 is 2.11 bits per heavy atom. The standard InChI is InChI=1S/C37H52N6O2S/c1-6-41(7-2)21-23-43(24-22-42(8-3)9-4)27-30-13-12-14-31(25-30)35(44)39-37-34(32-15-10-11-16-33(32)46-37)36(45)40-38-26-29-19-17-28(5)18-20-29/h12-14,17-20,25-26H,6-11,15-16,21-24,27H2,1-5H3,(H,39,44)(H,40,45)/b38-26+. The molecule has 2 N–H and O–H groups in total. The Hall–Kier alpha value is -3.37. The third-order valence-electron chi connectivity index (χ3n) is 8.93. The predicted octanol–water partition coefficient (Wildman–Crippen LogP) is 6.44. The Balaban J connectivity index is 1.48. The molecule has 0 fully saturated rings. The molecule has 0 aliphatic heterocycles. The Kier molecular flexibility index (Phi) is 14.0. The molecule has 0 atom stereocenters. The molecule has 1 heterocycles. The van der Waals surface area contributed by atoms with Crippen LogP contribution in [0.2, 0.25) is 0 Å². The van der Waals surface area contributed by atoms with Gasteiger partial charge >= 0.3 is 0 Å². The summed E-state index contributed by atoms with van der Waals surface area (Å²) >= 11 is 1.52. The van der Waals surface area contributed by atoms with Crippen molar-refractivity contribution in [3.05, 3.63) is 86.8 Å². The lowest BCUT2D eigenvalue weighted by molar-refractivity contribution is 0.0955.